The summed E-state index contributed by atoms with van der Waals surface area (Å²) in [5.74, 6) is 0.991. The largest absolute Gasteiger partial charge is 0.465 e. The first kappa shape index (κ1) is 15.3. The topological polar surface area (TPSA) is 9.23 Å². The van der Waals surface area contributed by atoms with Crippen LogP contribution < -0.4 is 4.74 Å². The summed E-state index contributed by atoms with van der Waals surface area (Å²) < 4.78 is 5.24. The molecule has 0 spiro atoms. The molecule has 0 saturated heterocycles. The van der Waals surface area contributed by atoms with E-state index in [1.807, 2.05) is 24.3 Å². The Morgan fingerprint density at radius 2 is 1.85 bits per heavy atom. The molecule has 0 atom stereocenters. The summed E-state index contributed by atoms with van der Waals surface area (Å²) in [5, 5.41) is 0. The predicted octanol–water partition coefficient (Wildman–Crippen LogP) is 2.77. The van der Waals surface area contributed by atoms with Crippen LogP contribution in [0, 0.1) is 0 Å². The van der Waals surface area contributed by atoms with Gasteiger partial charge in [0.15, 0.2) is 0 Å². The van der Waals surface area contributed by atoms with E-state index in [0.29, 0.717) is 0 Å². The van der Waals surface area contributed by atoms with E-state index in [1.165, 1.54) is 5.56 Å². The van der Waals surface area contributed by atoms with Crippen LogP contribution in [0.4, 0.5) is 0 Å². The summed E-state index contributed by atoms with van der Waals surface area (Å²) in [7, 11) is 0. The van der Waals surface area contributed by atoms with Crippen LogP contribution in [-0.4, -0.2) is 0 Å². The molecule has 1 aromatic rings. The van der Waals surface area contributed by atoms with E-state index in [-0.39, 0.29) is 43.1 Å². The van der Waals surface area contributed by atoms with Gasteiger partial charge >= 0.3 is 0 Å². The van der Waals surface area contributed by atoms with Gasteiger partial charge < -0.3 is 4.74 Å². The fourth-order valence-electron chi connectivity index (χ4n) is 1.08. The first-order valence-corrected chi connectivity index (χ1v) is 3.36. The molecule has 3 heteroatoms. The zero-order valence-electron chi connectivity index (χ0n) is 6.38. The maximum atomic E-state index is 5.24. The minimum Gasteiger partial charge on any atom is -0.465 e. The number of rotatable bonds is 0. The maximum Gasteiger partial charge on any atom is 0.130 e. The number of fused-ring (bicyclic) bond motifs is 1. The third-order valence-corrected chi connectivity index (χ3v) is 1.60. The van der Waals surface area contributed by atoms with Crippen molar-refractivity contribution < 1.29 is 40.4 Å². The maximum absolute atomic E-state index is 5.24. The second-order valence-electron chi connectivity index (χ2n) is 2.30. The molecule has 1 radical (unpaired) electrons. The molecule has 0 amide bonds. The minimum atomic E-state index is 0. The summed E-state index contributed by atoms with van der Waals surface area (Å²) in [4.78, 5) is 0. The second kappa shape index (κ2) is 7.28. The Bertz CT molecular complexity index is 246. The molecule has 0 saturated carbocycles. The Labute approximate surface area is 102 Å². The van der Waals surface area contributed by atoms with Crippen molar-refractivity contribution in [1.29, 1.82) is 0 Å². The van der Waals surface area contributed by atoms with Gasteiger partial charge in [0.1, 0.15) is 5.75 Å². The van der Waals surface area contributed by atoms with Crippen LogP contribution >= 0.6 is 0 Å². The van der Waals surface area contributed by atoms with E-state index in [2.05, 4.69) is 6.07 Å². The van der Waals surface area contributed by atoms with E-state index < -0.39 is 0 Å². The zero-order chi connectivity index (χ0) is 6.81. The Balaban J connectivity index is 0. The van der Waals surface area contributed by atoms with Crippen LogP contribution in [0.15, 0.2) is 36.6 Å². The van der Waals surface area contributed by atoms with Gasteiger partial charge in [-0.15, -0.1) is 0 Å². The van der Waals surface area contributed by atoms with E-state index in [0.717, 1.165) is 12.2 Å². The summed E-state index contributed by atoms with van der Waals surface area (Å²) in [6, 6.07) is 8.08. The van der Waals surface area contributed by atoms with Gasteiger partial charge in [-0.1, -0.05) is 25.6 Å². The van der Waals surface area contributed by atoms with Gasteiger partial charge in [-0.3, -0.25) is 0 Å². The molecule has 13 heavy (non-hydrogen) atoms. The van der Waals surface area contributed by atoms with Gasteiger partial charge in [0, 0.05) is 35.6 Å². The average Bonchev–Trinajstić information content (AvgIpc) is 2.05. The molecule has 2 rings (SSSR count). The number of benzene rings is 1. The molecule has 1 aromatic carbocycles. The van der Waals surface area contributed by atoms with Gasteiger partial charge in [-0.2, -0.15) is 0 Å². The van der Waals surface area contributed by atoms with Crippen LogP contribution in [0.3, 0.4) is 0 Å². The van der Waals surface area contributed by atoms with Crippen LogP contribution in [0.25, 0.3) is 0 Å². The minimum absolute atomic E-state index is 0. The summed E-state index contributed by atoms with van der Waals surface area (Å²) in [5.41, 5.74) is 1.27. The van der Waals surface area contributed by atoms with Crippen LogP contribution in [-0.2, 0) is 42.0 Å². The number of para-hydroxylation sites is 1. The molecule has 0 bridgehead atoms. The van der Waals surface area contributed by atoms with E-state index >= 15 is 0 Å². The van der Waals surface area contributed by atoms with Crippen molar-refractivity contribution in [1.82, 2.24) is 0 Å². The third kappa shape index (κ3) is 3.62. The fourth-order valence-corrected chi connectivity index (χ4v) is 1.08. The van der Waals surface area contributed by atoms with Gasteiger partial charge in [0.05, 0.1) is 6.26 Å². The number of allylic oxidation sites excluding steroid dienone is 1. The Morgan fingerprint density at radius 1 is 1.15 bits per heavy atom. The molecule has 0 unspecified atom stereocenters. The Hall–Kier alpha value is -0.136. The molecule has 1 heterocycles. The Kier molecular flexibility index (Phi) is 8.60. The normalized spacial score (nSPS) is 10.8. The van der Waals surface area contributed by atoms with Gasteiger partial charge in [0.2, 0.25) is 0 Å². The van der Waals surface area contributed by atoms with Crippen LogP contribution in [0.2, 0.25) is 0 Å². The van der Waals surface area contributed by atoms with Crippen molar-refractivity contribution in [2.24, 2.45) is 0 Å². The van der Waals surface area contributed by atoms with Gasteiger partial charge in [-0.25, -0.2) is 0 Å². The summed E-state index contributed by atoms with van der Waals surface area (Å²) >= 11 is 0. The number of ether oxygens (including phenoxy) is 1. The number of hydrogen-bond acceptors (Lipinski definition) is 1. The third-order valence-electron chi connectivity index (χ3n) is 1.60. The van der Waals surface area contributed by atoms with Crippen LogP contribution in [0.5, 0.6) is 5.75 Å². The molecule has 0 aromatic heterocycles. The molecule has 0 fully saturated rings. The van der Waals surface area contributed by atoms with Crippen molar-refractivity contribution in [3.8, 4) is 5.75 Å². The quantitative estimate of drug-likeness (QED) is 0.647. The van der Waals surface area contributed by atoms with Crippen molar-refractivity contribution in [3.05, 3.63) is 42.2 Å². The van der Waals surface area contributed by atoms with E-state index in [9.17, 15) is 0 Å². The predicted molar refractivity (Wildman–Crippen MR) is 46.6 cm³/mol. The first-order valence-electron chi connectivity index (χ1n) is 3.36. The Morgan fingerprint density at radius 3 is 2.54 bits per heavy atom. The van der Waals surface area contributed by atoms with Crippen LogP contribution in [0.1, 0.15) is 13.0 Å². The van der Waals surface area contributed by atoms with Crippen molar-refractivity contribution in [2.45, 2.75) is 13.8 Å². The van der Waals surface area contributed by atoms with Crippen molar-refractivity contribution >= 4 is 0 Å². The molecule has 1 aliphatic heterocycles. The standard InChI is InChI=1S/C9H8O.CH4.Fe.V/c1-2-6-9-8(4-1)5-3-7-10-9;;;/h1-4,6-7H,5H2;1H4;;. The smallest absolute Gasteiger partial charge is 0.130 e. The monoisotopic (exact) mass is 255 g/mol. The second-order valence-corrected chi connectivity index (χ2v) is 2.30. The summed E-state index contributed by atoms with van der Waals surface area (Å²) in [6.45, 7) is 0. The zero-order valence-corrected chi connectivity index (χ0v) is 8.88. The molecule has 0 N–H and O–H groups in total. The molecule has 1 aliphatic rings. The van der Waals surface area contributed by atoms with E-state index in [4.69, 9.17) is 4.74 Å². The SMILES string of the molecule is C.C1=COc2ccccc2C1.[Fe].[V]. The summed E-state index contributed by atoms with van der Waals surface area (Å²) in [6.07, 6.45) is 4.75. The fraction of sp³-hybridized carbons (Fsp3) is 0.200. The van der Waals surface area contributed by atoms with Crippen molar-refractivity contribution in [3.63, 3.8) is 0 Å². The molecular formula is C10H12FeOV. The number of hydrogen-bond donors (Lipinski definition) is 0. The van der Waals surface area contributed by atoms with Gasteiger partial charge in [0.25, 0.3) is 0 Å². The van der Waals surface area contributed by atoms with Gasteiger partial charge in [-0.05, 0) is 24.1 Å². The average molecular weight is 255 g/mol. The first-order chi connectivity index (χ1) is 4.97. The molecule has 0 aliphatic carbocycles. The molecular weight excluding hydrogens is 243 g/mol. The molecule has 1 nitrogen and oxygen atoms in total. The van der Waals surface area contributed by atoms with Crippen molar-refractivity contribution in [2.75, 3.05) is 0 Å². The molecule has 71 valence electrons. The van der Waals surface area contributed by atoms with E-state index in [1.54, 1.807) is 6.26 Å².